The first-order valence-corrected chi connectivity index (χ1v) is 17.3. The molecule has 0 saturated heterocycles. The van der Waals surface area contributed by atoms with Crippen LogP contribution >= 0.6 is 0 Å². The number of carboxylic acids is 1. The fourth-order valence-electron chi connectivity index (χ4n) is 6.01. The fraction of sp³-hybridized carbons (Fsp3) is 0.405. The zero-order valence-electron chi connectivity index (χ0n) is 30.7. The molecule has 55 heavy (non-hydrogen) atoms. The highest BCUT2D eigenvalue weighted by Crippen LogP contribution is 2.34. The third-order valence-corrected chi connectivity index (χ3v) is 8.70. The van der Waals surface area contributed by atoms with Crippen LogP contribution in [0.5, 0.6) is 5.75 Å². The highest BCUT2D eigenvalue weighted by Gasteiger charge is 2.38. The largest absolute Gasteiger partial charge is 0.494 e. The number of carboxylic acid groups (broad SMARTS) is 1. The Bertz CT molecular complexity index is 1890. The Morgan fingerprint density at radius 3 is 2.13 bits per heavy atom. The number of nitrogens with zero attached hydrogens (tertiary/aromatic N) is 5. The molecule has 0 spiro atoms. The van der Waals surface area contributed by atoms with Gasteiger partial charge in [0.05, 0.1) is 13.3 Å². The Labute approximate surface area is 314 Å². The van der Waals surface area contributed by atoms with E-state index in [1.165, 1.54) is 0 Å². The Kier molecular flexibility index (Phi) is 13.9. The third kappa shape index (κ3) is 12.0. The number of amides is 3. The van der Waals surface area contributed by atoms with Crippen molar-refractivity contribution < 1.29 is 46.9 Å². The molecule has 5 rings (SSSR count). The molecule has 5 N–H and O–H groups in total. The maximum Gasteiger partial charge on any atom is 0.490 e. The molecule has 1 aliphatic rings. The molecule has 3 amide bonds. The molecular formula is C37H43F3N8O7. The van der Waals surface area contributed by atoms with E-state index in [1.54, 1.807) is 48.7 Å². The second kappa shape index (κ2) is 18.3. The SMILES string of the molecule is COc1cnccc1-c1ccc(C[C@@H](C(N)=O)N(c2ccc(-c3nn[nH]n3)cc2)C(=O)[C@H]2CC[C@H](CNC(=O)OC(C)(C)C)CC2)cc1.O=C(O)C(F)(F)F. The van der Waals surface area contributed by atoms with Crippen molar-refractivity contribution in [2.45, 2.75) is 70.7 Å². The number of pyridine rings is 1. The number of hydrogen-bond donors (Lipinski definition) is 4. The molecular weight excluding hydrogens is 725 g/mol. The van der Waals surface area contributed by atoms with Crippen molar-refractivity contribution >= 4 is 29.6 Å². The van der Waals surface area contributed by atoms with Gasteiger partial charge in [0.15, 0.2) is 0 Å². The number of aliphatic carboxylic acids is 1. The number of nitrogens with one attached hydrogen (secondary N) is 2. The molecule has 0 radical (unpaired) electrons. The minimum atomic E-state index is -5.08. The van der Waals surface area contributed by atoms with Crippen LogP contribution in [0.1, 0.15) is 52.0 Å². The van der Waals surface area contributed by atoms with Crippen molar-refractivity contribution in [3.63, 3.8) is 0 Å². The van der Waals surface area contributed by atoms with Gasteiger partial charge in [-0.2, -0.15) is 18.4 Å². The summed E-state index contributed by atoms with van der Waals surface area (Å²) >= 11 is 0. The van der Waals surface area contributed by atoms with E-state index in [0.29, 0.717) is 42.2 Å². The number of H-pyrrole nitrogens is 1. The number of aromatic amines is 1. The van der Waals surface area contributed by atoms with Gasteiger partial charge in [0.25, 0.3) is 0 Å². The monoisotopic (exact) mass is 768 g/mol. The molecule has 2 aromatic carbocycles. The molecule has 294 valence electrons. The minimum absolute atomic E-state index is 0.164. The summed E-state index contributed by atoms with van der Waals surface area (Å²) in [7, 11) is 1.60. The Hall–Kier alpha value is -6.07. The standard InChI is InChI=1S/C35H42N8O5.C2HF3O2/c1-35(2,3)48-34(46)38-20-23-7-11-26(12-8-23)33(45)43(27-15-13-25(14-16-27)32-39-41-42-40-32)29(31(36)44)19-22-5-9-24(10-6-22)28-17-18-37-21-30(28)47-4;3-2(4,5)1(6)7/h5-6,9-10,13-18,21,23,26,29H,7-8,11-12,19-20H2,1-4H3,(H2,36,44)(H,38,46)(H,39,40,41,42);(H,6,7)/t23-,26-,29-;/m0./s1. The smallest absolute Gasteiger partial charge is 0.490 e. The average Bonchev–Trinajstić information content (AvgIpc) is 3.69. The van der Waals surface area contributed by atoms with Crippen molar-refractivity contribution in [2.75, 3.05) is 18.6 Å². The van der Waals surface area contributed by atoms with Gasteiger partial charge in [-0.3, -0.25) is 19.5 Å². The van der Waals surface area contributed by atoms with Crippen LogP contribution < -0.4 is 20.7 Å². The lowest BCUT2D eigenvalue weighted by Crippen LogP contribution is -2.52. The molecule has 0 unspecified atom stereocenters. The van der Waals surface area contributed by atoms with Gasteiger partial charge in [-0.25, -0.2) is 9.59 Å². The zero-order valence-corrected chi connectivity index (χ0v) is 30.7. The van der Waals surface area contributed by atoms with Crippen LogP contribution in [0.3, 0.4) is 0 Å². The first-order chi connectivity index (χ1) is 26.0. The fourth-order valence-corrected chi connectivity index (χ4v) is 6.01. The second-order valence-electron chi connectivity index (χ2n) is 13.8. The van der Waals surface area contributed by atoms with E-state index in [2.05, 4.69) is 30.9 Å². The number of methoxy groups -OCH3 is 1. The number of tetrazole rings is 1. The Morgan fingerprint density at radius 1 is 0.982 bits per heavy atom. The normalized spacial score (nSPS) is 16.1. The molecule has 15 nitrogen and oxygen atoms in total. The van der Waals surface area contributed by atoms with E-state index >= 15 is 0 Å². The summed E-state index contributed by atoms with van der Waals surface area (Å²) in [4.78, 5) is 54.2. The number of carbonyl (C=O) groups is 4. The molecule has 2 heterocycles. The van der Waals surface area contributed by atoms with Crippen molar-refractivity contribution in [2.24, 2.45) is 17.6 Å². The molecule has 1 fully saturated rings. The zero-order chi connectivity index (χ0) is 40.3. The maximum atomic E-state index is 14.4. The lowest BCUT2D eigenvalue weighted by Gasteiger charge is -2.36. The summed E-state index contributed by atoms with van der Waals surface area (Å²) < 4.78 is 42.6. The topological polar surface area (TPSA) is 216 Å². The number of ether oxygens (including phenoxy) is 2. The van der Waals surface area contributed by atoms with E-state index in [0.717, 1.165) is 29.5 Å². The van der Waals surface area contributed by atoms with Crippen molar-refractivity contribution in [3.05, 3.63) is 72.6 Å². The molecule has 2 aromatic heterocycles. The van der Waals surface area contributed by atoms with Crippen LogP contribution in [0, 0.1) is 11.8 Å². The van der Waals surface area contributed by atoms with Crippen molar-refractivity contribution in [3.8, 4) is 28.3 Å². The Balaban J connectivity index is 0.000000876. The summed E-state index contributed by atoms with van der Waals surface area (Å²) in [6, 6.07) is 15.8. The van der Waals surface area contributed by atoms with E-state index in [4.69, 9.17) is 25.1 Å². The van der Waals surface area contributed by atoms with Crippen molar-refractivity contribution in [1.82, 2.24) is 30.9 Å². The van der Waals surface area contributed by atoms with Gasteiger partial charge in [-0.05, 0) is 99.0 Å². The molecule has 0 aliphatic heterocycles. The number of primary amides is 1. The van der Waals surface area contributed by atoms with Crippen LogP contribution in [0.4, 0.5) is 23.7 Å². The minimum Gasteiger partial charge on any atom is -0.494 e. The van der Waals surface area contributed by atoms with Crippen molar-refractivity contribution in [1.29, 1.82) is 0 Å². The van der Waals surface area contributed by atoms with E-state index in [1.807, 2.05) is 51.1 Å². The highest BCUT2D eigenvalue weighted by molar-refractivity contribution is 6.01. The molecule has 18 heteroatoms. The van der Waals surface area contributed by atoms with Gasteiger partial charge in [-0.1, -0.05) is 24.3 Å². The number of halogens is 3. The average molecular weight is 769 g/mol. The summed E-state index contributed by atoms with van der Waals surface area (Å²) in [5.41, 5.74) is 9.38. The van der Waals surface area contributed by atoms with Gasteiger partial charge in [0.2, 0.25) is 17.6 Å². The lowest BCUT2D eigenvalue weighted by molar-refractivity contribution is -0.192. The predicted molar refractivity (Wildman–Crippen MR) is 193 cm³/mol. The van der Waals surface area contributed by atoms with Gasteiger partial charge in [-0.15, -0.1) is 10.2 Å². The molecule has 4 aromatic rings. The second-order valence-corrected chi connectivity index (χ2v) is 13.8. The number of nitrogens with two attached hydrogens (primary N) is 1. The quantitative estimate of drug-likeness (QED) is 0.153. The summed E-state index contributed by atoms with van der Waals surface area (Å²) in [5.74, 6) is -2.57. The van der Waals surface area contributed by atoms with Gasteiger partial charge in [0, 0.05) is 41.9 Å². The van der Waals surface area contributed by atoms with Gasteiger partial charge < -0.3 is 25.6 Å². The third-order valence-electron chi connectivity index (χ3n) is 8.70. The van der Waals surface area contributed by atoms with Gasteiger partial charge in [0.1, 0.15) is 17.4 Å². The summed E-state index contributed by atoms with van der Waals surface area (Å²) in [5, 5.41) is 24.1. The molecule has 0 bridgehead atoms. The summed E-state index contributed by atoms with van der Waals surface area (Å²) in [6.07, 6.45) is 0.772. The van der Waals surface area contributed by atoms with E-state index < -0.39 is 35.8 Å². The van der Waals surface area contributed by atoms with E-state index in [9.17, 15) is 27.6 Å². The van der Waals surface area contributed by atoms with Gasteiger partial charge >= 0.3 is 18.2 Å². The van der Waals surface area contributed by atoms with Crippen LogP contribution in [-0.4, -0.2) is 86.1 Å². The van der Waals surface area contributed by atoms with Crippen LogP contribution in [0.15, 0.2) is 67.0 Å². The van der Waals surface area contributed by atoms with Crippen LogP contribution in [0.25, 0.3) is 22.5 Å². The van der Waals surface area contributed by atoms with Crippen LogP contribution in [0.2, 0.25) is 0 Å². The maximum absolute atomic E-state index is 14.4. The molecule has 1 aliphatic carbocycles. The number of benzene rings is 2. The number of hydrogen-bond acceptors (Lipinski definition) is 10. The number of carbonyl (C=O) groups excluding carboxylic acids is 3. The first-order valence-electron chi connectivity index (χ1n) is 17.3. The number of rotatable bonds is 11. The number of alkyl carbamates (subject to hydrolysis) is 1. The number of anilines is 1. The lowest BCUT2D eigenvalue weighted by atomic mass is 9.81. The number of aromatic nitrogens is 5. The molecule has 1 atom stereocenters. The first kappa shape index (κ1) is 41.7. The van der Waals surface area contributed by atoms with E-state index in [-0.39, 0.29) is 24.2 Å². The predicted octanol–water partition coefficient (Wildman–Crippen LogP) is 5.33. The number of alkyl halides is 3. The summed E-state index contributed by atoms with van der Waals surface area (Å²) in [6.45, 7) is 5.94. The Morgan fingerprint density at radius 2 is 1.60 bits per heavy atom. The van der Waals surface area contributed by atoms with Crippen LogP contribution in [-0.2, 0) is 25.5 Å². The highest BCUT2D eigenvalue weighted by atomic mass is 19.4. The molecule has 1 saturated carbocycles.